The SMILES string of the molecule is [2H]c1c([2H])c(C)c([2H])c(OCC([2H])(O)C([2H])([2H])CC([2H])([2H])Cc2c([2H])c([2H])c(OC)c(OC([2H])([2H])[2H])c2[2H])c1[2H]. The van der Waals surface area contributed by atoms with E-state index in [1.165, 1.54) is 6.92 Å². The quantitative estimate of drug-likeness (QED) is 0.692. The molecule has 2 aromatic rings. The van der Waals surface area contributed by atoms with Crippen molar-refractivity contribution in [3.8, 4) is 17.2 Å². The highest BCUT2D eigenvalue weighted by Crippen LogP contribution is 2.28. The number of hydrogen-bond acceptors (Lipinski definition) is 4. The van der Waals surface area contributed by atoms with Gasteiger partial charge in [-0.05, 0) is 61.4 Å². The van der Waals surface area contributed by atoms with Gasteiger partial charge in [-0.3, -0.25) is 0 Å². The van der Waals surface area contributed by atoms with Crippen molar-refractivity contribution in [3.63, 3.8) is 0 Å². The third kappa shape index (κ3) is 6.31. The van der Waals surface area contributed by atoms with Gasteiger partial charge in [-0.1, -0.05) is 24.5 Å². The Kier molecular flexibility index (Phi) is 2.86. The number of rotatable bonds is 10. The van der Waals surface area contributed by atoms with E-state index in [2.05, 4.69) is 0 Å². The zero-order valence-electron chi connectivity index (χ0n) is 28.8. The Labute approximate surface area is 171 Å². The van der Waals surface area contributed by atoms with E-state index in [4.69, 9.17) is 34.8 Å². The van der Waals surface area contributed by atoms with Crippen LogP contribution >= 0.6 is 0 Å². The summed E-state index contributed by atoms with van der Waals surface area (Å²) < 4.78 is 134. The van der Waals surface area contributed by atoms with Gasteiger partial charge in [0.1, 0.15) is 12.4 Å². The van der Waals surface area contributed by atoms with Crippen LogP contribution in [0.15, 0.2) is 42.3 Å². The summed E-state index contributed by atoms with van der Waals surface area (Å²) in [5.41, 5.74) is -0.515. The van der Waals surface area contributed by atoms with Gasteiger partial charge >= 0.3 is 0 Å². The van der Waals surface area contributed by atoms with Crippen LogP contribution in [0.5, 0.6) is 17.2 Å². The molecule has 0 aliphatic carbocycles. The van der Waals surface area contributed by atoms with Crippen molar-refractivity contribution in [1.82, 2.24) is 0 Å². The molecule has 0 heterocycles. The third-order valence-electron chi connectivity index (χ3n) is 2.90. The molecule has 2 aromatic carbocycles. The van der Waals surface area contributed by atoms with Crippen molar-refractivity contribution in [2.45, 2.75) is 38.6 Å². The van der Waals surface area contributed by atoms with Crippen LogP contribution in [0.2, 0.25) is 0 Å². The Balaban J connectivity index is 2.38. The molecule has 2 rings (SSSR count). The first-order valence-corrected chi connectivity index (χ1v) is 7.25. The monoisotopic (exact) mass is 359 g/mol. The predicted molar refractivity (Wildman–Crippen MR) is 99.8 cm³/mol. The average molecular weight is 360 g/mol. The van der Waals surface area contributed by atoms with Crippen molar-refractivity contribution in [1.29, 1.82) is 0 Å². The second kappa shape index (κ2) is 9.94. The second-order valence-electron chi connectivity index (χ2n) is 4.79. The lowest BCUT2D eigenvalue weighted by Gasteiger charge is -2.13. The molecule has 0 saturated carbocycles. The standard InChI is InChI=1S/C21H28O4/c1-16-7-6-10-19(13-16)25-15-18(22)9-5-4-8-17-11-12-20(23-2)21(14-17)24-3/h6-7,10-14,18,22H,4-5,8-9,15H2,1-3H3/i3D3,4D2,6D,7D,9D2,10D,11D,12D,13D,14D,18D. The molecule has 1 unspecified atom stereocenters. The van der Waals surface area contributed by atoms with Gasteiger partial charge in [0.2, 0.25) is 0 Å². The lowest BCUT2D eigenvalue weighted by atomic mass is 10.0. The van der Waals surface area contributed by atoms with Crippen molar-refractivity contribution in [2.75, 3.05) is 20.8 Å². The van der Waals surface area contributed by atoms with Crippen LogP contribution in [0.4, 0.5) is 0 Å². The van der Waals surface area contributed by atoms with Crippen molar-refractivity contribution in [3.05, 3.63) is 53.4 Å². The summed E-state index contributed by atoms with van der Waals surface area (Å²) in [6.07, 6.45) is -11.0. The van der Waals surface area contributed by atoms with Gasteiger partial charge in [0.05, 0.1) is 35.3 Å². The normalized spacial score (nSPS) is 23.4. The molecule has 1 atom stereocenters. The Hall–Kier alpha value is -2.20. The third-order valence-corrected chi connectivity index (χ3v) is 2.90. The Morgan fingerprint density at radius 1 is 1.24 bits per heavy atom. The average Bonchev–Trinajstić information content (AvgIpc) is 2.81. The molecule has 4 nitrogen and oxygen atoms in total. The molecule has 0 fully saturated rings. The largest absolute Gasteiger partial charge is 0.493 e. The van der Waals surface area contributed by atoms with Crippen molar-refractivity contribution >= 4 is 0 Å². The number of benzene rings is 2. The highest BCUT2D eigenvalue weighted by molar-refractivity contribution is 5.42. The predicted octanol–water partition coefficient (Wildman–Crippen LogP) is 4.16. The van der Waals surface area contributed by atoms with Gasteiger partial charge in [-0.15, -0.1) is 0 Å². The van der Waals surface area contributed by atoms with Crippen LogP contribution in [0.1, 0.15) is 50.9 Å². The Morgan fingerprint density at radius 2 is 2.12 bits per heavy atom. The zero-order chi connectivity index (χ0) is 31.2. The van der Waals surface area contributed by atoms with Gasteiger partial charge in [-0.25, -0.2) is 0 Å². The minimum absolute atomic E-state index is 0.0173. The van der Waals surface area contributed by atoms with Crippen LogP contribution in [0.25, 0.3) is 0 Å². The van der Waals surface area contributed by atoms with Gasteiger partial charge < -0.3 is 19.3 Å². The van der Waals surface area contributed by atoms with Crippen LogP contribution < -0.4 is 14.2 Å². The maximum Gasteiger partial charge on any atom is 0.160 e. The number of ether oxygens (including phenoxy) is 3. The summed E-state index contributed by atoms with van der Waals surface area (Å²) >= 11 is 0. The topological polar surface area (TPSA) is 47.9 Å². The first kappa shape index (κ1) is 7.20. The minimum atomic E-state index is -3.17. The summed E-state index contributed by atoms with van der Waals surface area (Å²) in [6, 6.07) is -4.28. The minimum Gasteiger partial charge on any atom is -0.493 e. The first-order valence-electron chi connectivity index (χ1n) is 14.8. The zero-order valence-corrected chi connectivity index (χ0v) is 13.8. The van der Waals surface area contributed by atoms with E-state index in [9.17, 15) is 5.11 Å². The summed E-state index contributed by atoms with van der Waals surface area (Å²) in [4.78, 5) is 0. The molecule has 0 aliphatic rings. The molecular formula is C21H28O4. The first-order chi connectivity index (χ1) is 18.0. The van der Waals surface area contributed by atoms with Crippen LogP contribution in [0.3, 0.4) is 0 Å². The summed E-state index contributed by atoms with van der Waals surface area (Å²) in [5, 5.41) is 10.6. The van der Waals surface area contributed by atoms with Gasteiger partial charge in [0.15, 0.2) is 11.5 Å². The highest BCUT2D eigenvalue weighted by atomic mass is 16.5. The molecule has 0 amide bonds. The number of methoxy groups -OCH3 is 2. The van der Waals surface area contributed by atoms with Gasteiger partial charge in [0, 0.05) is 5.48 Å². The van der Waals surface area contributed by atoms with Crippen LogP contribution in [0, 0.1) is 6.92 Å². The van der Waals surface area contributed by atoms with E-state index in [1.807, 2.05) is 0 Å². The molecular weight excluding hydrogens is 316 g/mol. The lowest BCUT2D eigenvalue weighted by molar-refractivity contribution is 0.0976. The summed E-state index contributed by atoms with van der Waals surface area (Å²) in [6.45, 7) is 0.139. The highest BCUT2D eigenvalue weighted by Gasteiger charge is 2.07. The maximum atomic E-state index is 10.6. The molecule has 0 spiro atoms. The Morgan fingerprint density at radius 3 is 2.92 bits per heavy atom. The van der Waals surface area contributed by atoms with E-state index in [0.717, 1.165) is 7.11 Å². The van der Waals surface area contributed by atoms with Crippen LogP contribution in [-0.2, 0) is 6.42 Å². The molecule has 4 heteroatoms. The summed E-state index contributed by atoms with van der Waals surface area (Å²) in [5.74, 6) is -1.83. The fraction of sp³-hybridized carbons (Fsp3) is 0.429. The smallest absolute Gasteiger partial charge is 0.160 e. The van der Waals surface area contributed by atoms with E-state index in [-0.39, 0.29) is 5.56 Å². The van der Waals surface area contributed by atoms with Crippen molar-refractivity contribution < 1.29 is 39.9 Å². The fourth-order valence-electron chi connectivity index (χ4n) is 1.75. The molecule has 1 N–H and O–H groups in total. The van der Waals surface area contributed by atoms with E-state index in [1.54, 1.807) is 0 Å². The fourth-order valence-corrected chi connectivity index (χ4v) is 1.75. The summed E-state index contributed by atoms with van der Waals surface area (Å²) in [7, 11) is -2.02. The molecule has 0 aliphatic heterocycles. The van der Waals surface area contributed by atoms with E-state index >= 15 is 0 Å². The van der Waals surface area contributed by atoms with E-state index < -0.39 is 110 Å². The second-order valence-corrected chi connectivity index (χ2v) is 4.79. The molecule has 0 radical (unpaired) electrons. The number of hydrogen-bond donors (Lipinski definition) is 1. The van der Waals surface area contributed by atoms with Gasteiger partial charge in [0.25, 0.3) is 0 Å². The molecule has 0 bridgehead atoms. The molecule has 0 aromatic heterocycles. The van der Waals surface area contributed by atoms with Crippen molar-refractivity contribution in [2.24, 2.45) is 0 Å². The van der Waals surface area contributed by atoms with E-state index in [0.29, 0.717) is 0 Å². The van der Waals surface area contributed by atoms with Gasteiger partial charge in [-0.2, -0.15) is 0 Å². The van der Waals surface area contributed by atoms with Crippen LogP contribution in [-0.4, -0.2) is 31.9 Å². The Bertz CT molecular complexity index is 1250. The maximum absolute atomic E-state index is 10.6. The number of aliphatic hydroxyl groups is 1. The molecule has 0 saturated heterocycles. The lowest BCUT2D eigenvalue weighted by Crippen LogP contribution is -2.17. The molecule has 136 valence electrons. The molecule has 25 heavy (non-hydrogen) atoms.